The number of amides is 2. The Kier molecular flexibility index (Phi) is 9.77. The van der Waals surface area contributed by atoms with Crippen molar-refractivity contribution in [3.05, 3.63) is 53.9 Å². The SMILES string of the molecule is CCC(C)N(Cc1cccn1Cc1cccc(OC)c1)C(=O)CN(CC(C)C)C(=O)C(C)(C)C. The van der Waals surface area contributed by atoms with Gasteiger partial charge in [0.15, 0.2) is 0 Å². The summed E-state index contributed by atoms with van der Waals surface area (Å²) in [6.07, 6.45) is 2.89. The number of hydrogen-bond acceptors (Lipinski definition) is 3. The Morgan fingerprint density at radius 3 is 2.38 bits per heavy atom. The molecule has 188 valence electrons. The predicted octanol–water partition coefficient (Wildman–Crippen LogP) is 5.20. The number of ether oxygens (including phenoxy) is 1. The second kappa shape index (κ2) is 12.1. The van der Waals surface area contributed by atoms with Crippen LogP contribution in [0.15, 0.2) is 42.6 Å². The normalized spacial score (nSPS) is 12.5. The zero-order valence-corrected chi connectivity index (χ0v) is 22.3. The quantitative estimate of drug-likeness (QED) is 0.454. The molecule has 34 heavy (non-hydrogen) atoms. The van der Waals surface area contributed by atoms with Gasteiger partial charge in [0.1, 0.15) is 5.75 Å². The zero-order chi connectivity index (χ0) is 25.5. The Balaban J connectivity index is 2.24. The molecule has 0 aliphatic rings. The molecular formula is C28H43N3O3. The third-order valence-electron chi connectivity index (χ3n) is 6.03. The Hall–Kier alpha value is -2.76. The summed E-state index contributed by atoms with van der Waals surface area (Å²) < 4.78 is 7.53. The van der Waals surface area contributed by atoms with Crippen LogP contribution in [0, 0.1) is 11.3 Å². The second-order valence-corrected chi connectivity index (χ2v) is 10.6. The first-order valence-corrected chi connectivity index (χ1v) is 12.3. The topological polar surface area (TPSA) is 54.8 Å². The molecular weight excluding hydrogens is 426 g/mol. The third kappa shape index (κ3) is 7.64. The Morgan fingerprint density at radius 1 is 1.09 bits per heavy atom. The molecule has 0 radical (unpaired) electrons. The monoisotopic (exact) mass is 469 g/mol. The van der Waals surface area contributed by atoms with Crippen molar-refractivity contribution in [2.24, 2.45) is 11.3 Å². The fourth-order valence-electron chi connectivity index (χ4n) is 3.99. The minimum absolute atomic E-state index is 0.0123. The van der Waals surface area contributed by atoms with Crippen molar-refractivity contribution in [2.75, 3.05) is 20.2 Å². The van der Waals surface area contributed by atoms with Gasteiger partial charge in [-0.1, -0.05) is 53.7 Å². The molecule has 0 N–H and O–H groups in total. The van der Waals surface area contributed by atoms with Gasteiger partial charge in [0.05, 0.1) is 20.2 Å². The van der Waals surface area contributed by atoms with Crippen LogP contribution < -0.4 is 4.74 Å². The second-order valence-electron chi connectivity index (χ2n) is 10.6. The lowest BCUT2D eigenvalue weighted by molar-refractivity contribution is -0.147. The Labute approximate surface area is 205 Å². The zero-order valence-electron chi connectivity index (χ0n) is 22.3. The number of aromatic nitrogens is 1. The van der Waals surface area contributed by atoms with E-state index in [-0.39, 0.29) is 30.3 Å². The van der Waals surface area contributed by atoms with E-state index in [1.807, 2.05) is 56.1 Å². The first-order valence-electron chi connectivity index (χ1n) is 12.3. The van der Waals surface area contributed by atoms with Crippen LogP contribution in [0.5, 0.6) is 5.75 Å². The third-order valence-corrected chi connectivity index (χ3v) is 6.03. The van der Waals surface area contributed by atoms with Gasteiger partial charge in [0.25, 0.3) is 0 Å². The lowest BCUT2D eigenvalue weighted by Crippen LogP contribution is -2.49. The summed E-state index contributed by atoms with van der Waals surface area (Å²) in [6.45, 7) is 15.9. The molecule has 1 aromatic carbocycles. The van der Waals surface area contributed by atoms with Gasteiger partial charge in [-0.3, -0.25) is 9.59 Å². The lowest BCUT2D eigenvalue weighted by atomic mass is 9.94. The molecule has 0 bridgehead atoms. The van der Waals surface area contributed by atoms with Gasteiger partial charge in [-0.2, -0.15) is 0 Å². The van der Waals surface area contributed by atoms with Crippen molar-refractivity contribution >= 4 is 11.8 Å². The molecule has 0 fully saturated rings. The van der Waals surface area contributed by atoms with Crippen LogP contribution in [-0.4, -0.2) is 52.4 Å². The van der Waals surface area contributed by atoms with Gasteiger partial charge in [-0.15, -0.1) is 0 Å². The molecule has 0 aliphatic carbocycles. The first kappa shape index (κ1) is 27.5. The standard InChI is InChI=1S/C28H43N3O3/c1-9-22(4)31(26(32)20-30(17-21(2)3)27(33)28(5,6)7)19-24-13-11-15-29(24)18-23-12-10-14-25(16-23)34-8/h10-16,21-22H,9,17-20H2,1-8H3. The van der Waals surface area contributed by atoms with Crippen LogP contribution in [-0.2, 0) is 22.7 Å². The minimum atomic E-state index is -0.526. The van der Waals surface area contributed by atoms with Gasteiger partial charge in [0.2, 0.25) is 11.8 Å². The number of benzene rings is 1. The van der Waals surface area contributed by atoms with Crippen LogP contribution in [0.4, 0.5) is 0 Å². The van der Waals surface area contributed by atoms with E-state index in [0.29, 0.717) is 19.6 Å². The molecule has 0 aliphatic heterocycles. The average Bonchev–Trinajstić information content (AvgIpc) is 3.21. The number of carbonyl (C=O) groups excluding carboxylic acids is 2. The van der Waals surface area contributed by atoms with Crippen molar-refractivity contribution in [1.29, 1.82) is 0 Å². The van der Waals surface area contributed by atoms with Crippen molar-refractivity contribution in [3.8, 4) is 5.75 Å². The number of rotatable bonds is 11. The summed E-state index contributed by atoms with van der Waals surface area (Å²) >= 11 is 0. The van der Waals surface area contributed by atoms with Gasteiger partial charge in [0, 0.05) is 36.4 Å². The highest BCUT2D eigenvalue weighted by Gasteiger charge is 2.31. The summed E-state index contributed by atoms with van der Waals surface area (Å²) in [5.41, 5.74) is 1.67. The van der Waals surface area contributed by atoms with E-state index >= 15 is 0 Å². The van der Waals surface area contributed by atoms with Crippen molar-refractivity contribution in [3.63, 3.8) is 0 Å². The van der Waals surface area contributed by atoms with Crippen molar-refractivity contribution in [2.45, 2.75) is 74.0 Å². The summed E-state index contributed by atoms with van der Waals surface area (Å²) in [5, 5.41) is 0. The largest absolute Gasteiger partial charge is 0.497 e. The van der Waals surface area contributed by atoms with E-state index < -0.39 is 5.41 Å². The molecule has 6 heteroatoms. The molecule has 0 saturated carbocycles. The molecule has 2 amide bonds. The van der Waals surface area contributed by atoms with Crippen molar-refractivity contribution in [1.82, 2.24) is 14.4 Å². The van der Waals surface area contributed by atoms with Gasteiger partial charge in [-0.05, 0) is 49.1 Å². The van der Waals surface area contributed by atoms with Crippen LogP contribution in [0.3, 0.4) is 0 Å². The number of nitrogens with zero attached hydrogens (tertiary/aromatic N) is 3. The molecule has 0 saturated heterocycles. The van der Waals surface area contributed by atoms with Crippen LogP contribution >= 0.6 is 0 Å². The van der Waals surface area contributed by atoms with Gasteiger partial charge in [-0.25, -0.2) is 0 Å². The van der Waals surface area contributed by atoms with E-state index in [2.05, 4.69) is 44.4 Å². The summed E-state index contributed by atoms with van der Waals surface area (Å²) in [5.74, 6) is 1.12. The van der Waals surface area contributed by atoms with E-state index in [1.165, 1.54) is 0 Å². The highest BCUT2D eigenvalue weighted by atomic mass is 16.5. The minimum Gasteiger partial charge on any atom is -0.497 e. The average molecular weight is 470 g/mol. The number of methoxy groups -OCH3 is 1. The number of carbonyl (C=O) groups is 2. The molecule has 2 aromatic rings. The van der Waals surface area contributed by atoms with E-state index in [0.717, 1.165) is 23.4 Å². The summed E-state index contributed by atoms with van der Waals surface area (Å²) in [4.78, 5) is 30.3. The maximum atomic E-state index is 13.6. The first-order chi connectivity index (χ1) is 16.0. The Bertz CT molecular complexity index is 942. The molecule has 2 rings (SSSR count). The van der Waals surface area contributed by atoms with Crippen molar-refractivity contribution < 1.29 is 14.3 Å². The predicted molar refractivity (Wildman–Crippen MR) is 138 cm³/mol. The highest BCUT2D eigenvalue weighted by molar-refractivity contribution is 5.87. The van der Waals surface area contributed by atoms with Crippen LogP contribution in [0.2, 0.25) is 0 Å². The fourth-order valence-corrected chi connectivity index (χ4v) is 3.99. The fraction of sp³-hybridized carbons (Fsp3) is 0.571. The van der Waals surface area contributed by atoms with Gasteiger partial charge >= 0.3 is 0 Å². The summed E-state index contributed by atoms with van der Waals surface area (Å²) in [7, 11) is 1.67. The van der Waals surface area contributed by atoms with E-state index in [9.17, 15) is 9.59 Å². The maximum Gasteiger partial charge on any atom is 0.242 e. The molecule has 0 spiro atoms. The molecule has 1 atom stereocenters. The van der Waals surface area contributed by atoms with Crippen LogP contribution in [0.1, 0.15) is 66.1 Å². The molecule has 1 unspecified atom stereocenters. The number of hydrogen-bond donors (Lipinski definition) is 0. The lowest BCUT2D eigenvalue weighted by Gasteiger charge is -2.34. The van der Waals surface area contributed by atoms with E-state index in [1.54, 1.807) is 12.0 Å². The smallest absolute Gasteiger partial charge is 0.242 e. The molecule has 1 aromatic heterocycles. The Morgan fingerprint density at radius 2 is 1.79 bits per heavy atom. The molecule has 6 nitrogen and oxygen atoms in total. The highest BCUT2D eigenvalue weighted by Crippen LogP contribution is 2.20. The van der Waals surface area contributed by atoms with Crippen LogP contribution in [0.25, 0.3) is 0 Å². The van der Waals surface area contributed by atoms with E-state index in [4.69, 9.17) is 4.74 Å². The van der Waals surface area contributed by atoms with Gasteiger partial charge < -0.3 is 19.1 Å². The summed E-state index contributed by atoms with van der Waals surface area (Å²) in [6, 6.07) is 12.2. The molecule has 1 heterocycles. The maximum absolute atomic E-state index is 13.6.